The topological polar surface area (TPSA) is 0 Å². The third-order valence-corrected chi connectivity index (χ3v) is 4.70. The first-order chi connectivity index (χ1) is 5.70. The molecule has 1 aliphatic rings. The van der Waals surface area contributed by atoms with Gasteiger partial charge in [-0.2, -0.15) is 0 Å². The Hall–Kier alpha value is -0.210. The Labute approximate surface area is 81.7 Å². The highest BCUT2D eigenvalue weighted by Gasteiger charge is 2.32. The summed E-state index contributed by atoms with van der Waals surface area (Å²) in [7, 11) is 0. The van der Waals surface area contributed by atoms with Crippen LogP contribution in [-0.4, -0.2) is 0 Å². The average molecular weight is 196 g/mol. The van der Waals surface area contributed by atoms with Crippen LogP contribution < -0.4 is 0 Å². The van der Waals surface area contributed by atoms with Gasteiger partial charge in [0.15, 0.2) is 0 Å². The quantitative estimate of drug-likeness (QED) is 0.652. The lowest BCUT2D eigenvalue weighted by Crippen LogP contribution is -2.11. The van der Waals surface area contributed by atoms with E-state index in [1.807, 2.05) is 23.1 Å². The maximum atomic E-state index is 2.31. The van der Waals surface area contributed by atoms with Crippen LogP contribution in [0.15, 0.2) is 29.0 Å². The van der Waals surface area contributed by atoms with Crippen molar-refractivity contribution in [3.8, 4) is 0 Å². The van der Waals surface area contributed by atoms with Crippen LogP contribution in [0.5, 0.6) is 0 Å². The molecule has 1 aliphatic heterocycles. The summed E-state index contributed by atoms with van der Waals surface area (Å²) in [5.74, 6) is 0. The van der Waals surface area contributed by atoms with Crippen molar-refractivity contribution < 1.29 is 0 Å². The average Bonchev–Trinajstić information content (AvgIpc) is 2.55. The van der Waals surface area contributed by atoms with E-state index >= 15 is 0 Å². The predicted molar refractivity (Wildman–Crippen MR) is 57.6 cm³/mol. The third kappa shape index (κ3) is 1.34. The standard InChI is InChI=1S/C10H12S2/c1-10(2)5-7-12-9(10)8-4-3-6-11-8/h3-7,9H,1-2H3. The first-order valence-electron chi connectivity index (χ1n) is 4.07. The van der Waals surface area contributed by atoms with E-state index in [-0.39, 0.29) is 0 Å². The van der Waals surface area contributed by atoms with Gasteiger partial charge in [0, 0.05) is 10.3 Å². The van der Waals surface area contributed by atoms with Crippen molar-refractivity contribution >= 4 is 23.1 Å². The maximum absolute atomic E-state index is 2.31. The molecule has 0 amide bonds. The molecule has 0 N–H and O–H groups in total. The monoisotopic (exact) mass is 196 g/mol. The molecule has 0 radical (unpaired) electrons. The fraction of sp³-hybridized carbons (Fsp3) is 0.400. The van der Waals surface area contributed by atoms with E-state index in [0.29, 0.717) is 10.7 Å². The highest BCUT2D eigenvalue weighted by Crippen LogP contribution is 2.51. The van der Waals surface area contributed by atoms with Crippen LogP contribution >= 0.6 is 23.1 Å². The van der Waals surface area contributed by atoms with Crippen LogP contribution in [0.1, 0.15) is 24.0 Å². The zero-order valence-corrected chi connectivity index (χ0v) is 8.91. The van der Waals surface area contributed by atoms with E-state index in [9.17, 15) is 0 Å². The predicted octanol–water partition coefficient (Wildman–Crippen LogP) is 4.08. The van der Waals surface area contributed by atoms with Crippen LogP contribution in [0.25, 0.3) is 0 Å². The summed E-state index contributed by atoms with van der Waals surface area (Å²) in [6.45, 7) is 4.60. The minimum absolute atomic E-state index is 0.329. The van der Waals surface area contributed by atoms with Crippen molar-refractivity contribution in [2.75, 3.05) is 0 Å². The van der Waals surface area contributed by atoms with Gasteiger partial charge in [0.05, 0.1) is 5.25 Å². The van der Waals surface area contributed by atoms with Crippen molar-refractivity contribution in [2.24, 2.45) is 5.41 Å². The molecule has 1 unspecified atom stereocenters. The largest absolute Gasteiger partial charge is 0.148 e. The van der Waals surface area contributed by atoms with E-state index < -0.39 is 0 Å². The fourth-order valence-corrected chi connectivity index (χ4v) is 3.89. The Bertz CT molecular complexity index is 283. The second-order valence-electron chi connectivity index (χ2n) is 3.66. The van der Waals surface area contributed by atoms with Gasteiger partial charge in [-0.3, -0.25) is 0 Å². The van der Waals surface area contributed by atoms with Crippen molar-refractivity contribution in [1.29, 1.82) is 0 Å². The van der Waals surface area contributed by atoms with Crippen LogP contribution in [0.2, 0.25) is 0 Å². The van der Waals surface area contributed by atoms with E-state index in [1.165, 1.54) is 4.88 Å². The molecule has 2 heterocycles. The summed E-state index contributed by atoms with van der Waals surface area (Å²) >= 11 is 3.80. The summed E-state index contributed by atoms with van der Waals surface area (Å²) in [6, 6.07) is 4.37. The molecule has 0 aromatic carbocycles. The Morgan fingerprint density at radius 1 is 1.42 bits per heavy atom. The van der Waals surface area contributed by atoms with Crippen LogP contribution in [0, 0.1) is 5.41 Å². The van der Waals surface area contributed by atoms with E-state index in [1.54, 1.807) is 0 Å². The Balaban J connectivity index is 2.28. The molecule has 0 aliphatic carbocycles. The molecule has 1 aromatic heterocycles. The van der Waals surface area contributed by atoms with Gasteiger partial charge in [0.25, 0.3) is 0 Å². The highest BCUT2D eigenvalue weighted by atomic mass is 32.2. The minimum Gasteiger partial charge on any atom is -0.148 e. The Morgan fingerprint density at radius 3 is 2.75 bits per heavy atom. The minimum atomic E-state index is 0.329. The molecule has 64 valence electrons. The molecular weight excluding hydrogens is 184 g/mol. The second kappa shape index (κ2) is 2.93. The summed E-state index contributed by atoms with van der Waals surface area (Å²) in [5, 5.41) is 5.02. The highest BCUT2D eigenvalue weighted by molar-refractivity contribution is 8.02. The third-order valence-electron chi connectivity index (χ3n) is 2.19. The van der Waals surface area contributed by atoms with Gasteiger partial charge in [0.1, 0.15) is 0 Å². The zero-order valence-electron chi connectivity index (χ0n) is 7.28. The molecule has 2 rings (SSSR count). The molecule has 0 bridgehead atoms. The van der Waals surface area contributed by atoms with Crippen molar-refractivity contribution in [3.05, 3.63) is 33.9 Å². The molecular formula is C10H12S2. The summed E-state index contributed by atoms with van der Waals surface area (Å²) in [6.07, 6.45) is 2.31. The molecule has 2 heteroatoms. The second-order valence-corrected chi connectivity index (χ2v) is 5.65. The molecule has 0 fully saturated rings. The smallest absolute Gasteiger partial charge is 0.0518 e. The van der Waals surface area contributed by atoms with Crippen molar-refractivity contribution in [3.63, 3.8) is 0 Å². The van der Waals surface area contributed by atoms with E-state index in [2.05, 4.69) is 42.8 Å². The summed E-state index contributed by atoms with van der Waals surface area (Å²) in [5.41, 5.74) is 0.329. The van der Waals surface area contributed by atoms with Crippen molar-refractivity contribution in [2.45, 2.75) is 19.1 Å². The van der Waals surface area contributed by atoms with E-state index in [4.69, 9.17) is 0 Å². The molecule has 0 saturated heterocycles. The Morgan fingerprint density at radius 2 is 2.25 bits per heavy atom. The van der Waals surface area contributed by atoms with Gasteiger partial charge in [-0.25, -0.2) is 0 Å². The molecule has 0 saturated carbocycles. The number of allylic oxidation sites excluding steroid dienone is 1. The number of rotatable bonds is 1. The number of hydrogen-bond acceptors (Lipinski definition) is 2. The summed E-state index contributed by atoms with van der Waals surface area (Å²) < 4.78 is 0. The molecule has 0 nitrogen and oxygen atoms in total. The lowest BCUT2D eigenvalue weighted by atomic mass is 9.89. The molecule has 1 atom stereocenters. The lowest BCUT2D eigenvalue weighted by molar-refractivity contribution is 0.480. The first-order valence-corrected chi connectivity index (χ1v) is 5.89. The molecule has 1 aromatic rings. The van der Waals surface area contributed by atoms with Gasteiger partial charge in [-0.05, 0) is 16.9 Å². The van der Waals surface area contributed by atoms with E-state index in [0.717, 1.165) is 0 Å². The van der Waals surface area contributed by atoms with Crippen LogP contribution in [0.3, 0.4) is 0 Å². The van der Waals surface area contributed by atoms with Crippen LogP contribution in [-0.2, 0) is 0 Å². The lowest BCUT2D eigenvalue weighted by Gasteiger charge is -2.23. The normalized spacial score (nSPS) is 26.3. The maximum Gasteiger partial charge on any atom is 0.0518 e. The van der Waals surface area contributed by atoms with Gasteiger partial charge in [-0.1, -0.05) is 26.0 Å². The number of thioether (sulfide) groups is 1. The van der Waals surface area contributed by atoms with Gasteiger partial charge >= 0.3 is 0 Å². The van der Waals surface area contributed by atoms with Gasteiger partial charge < -0.3 is 0 Å². The van der Waals surface area contributed by atoms with Crippen molar-refractivity contribution in [1.82, 2.24) is 0 Å². The number of hydrogen-bond donors (Lipinski definition) is 0. The fourth-order valence-electron chi connectivity index (χ4n) is 1.43. The molecule has 12 heavy (non-hydrogen) atoms. The number of thiophene rings is 1. The first kappa shape index (κ1) is 8.39. The van der Waals surface area contributed by atoms with Gasteiger partial charge in [0.2, 0.25) is 0 Å². The SMILES string of the molecule is CC1(C)C=CSC1c1cccs1. The summed E-state index contributed by atoms with van der Waals surface area (Å²) in [4.78, 5) is 1.50. The molecule has 0 spiro atoms. The zero-order chi connectivity index (χ0) is 8.60. The van der Waals surface area contributed by atoms with Gasteiger partial charge in [-0.15, -0.1) is 23.1 Å². The Kier molecular flexibility index (Phi) is 2.05. The van der Waals surface area contributed by atoms with Crippen LogP contribution in [0.4, 0.5) is 0 Å².